The van der Waals surface area contributed by atoms with Gasteiger partial charge in [-0.15, -0.1) is 11.3 Å². The molecule has 35 heavy (non-hydrogen) atoms. The van der Waals surface area contributed by atoms with Crippen LogP contribution in [-0.2, 0) is 22.5 Å². The van der Waals surface area contributed by atoms with E-state index < -0.39 is 5.97 Å². The van der Waals surface area contributed by atoms with Gasteiger partial charge in [-0.05, 0) is 56.1 Å². The lowest BCUT2D eigenvalue weighted by Crippen LogP contribution is -2.28. The van der Waals surface area contributed by atoms with Crippen LogP contribution in [0.25, 0.3) is 10.2 Å². The van der Waals surface area contributed by atoms with Gasteiger partial charge in [0.05, 0.1) is 32.7 Å². The summed E-state index contributed by atoms with van der Waals surface area (Å²) in [4.78, 5) is 33.0. The van der Waals surface area contributed by atoms with E-state index in [1.54, 1.807) is 14.2 Å². The fourth-order valence-electron chi connectivity index (χ4n) is 4.07. The third-order valence-corrected chi connectivity index (χ3v) is 7.45. The maximum Gasteiger partial charge on any atom is 0.350 e. The molecule has 3 aromatic rings. The quantitative estimate of drug-likeness (QED) is 0.412. The Morgan fingerprint density at radius 3 is 2.54 bits per heavy atom. The number of thiophene rings is 1. The minimum absolute atomic E-state index is 0.0157. The van der Waals surface area contributed by atoms with Crippen LogP contribution in [0.1, 0.15) is 40.2 Å². The number of carbonyl (C=O) groups excluding carboxylic acids is 2. The van der Waals surface area contributed by atoms with Crippen molar-refractivity contribution in [1.82, 2.24) is 9.88 Å². The summed E-state index contributed by atoms with van der Waals surface area (Å²) in [6.45, 7) is 1.48. The van der Waals surface area contributed by atoms with Crippen molar-refractivity contribution in [3.8, 4) is 11.5 Å². The van der Waals surface area contributed by atoms with E-state index in [2.05, 4.69) is 10.2 Å². The Morgan fingerprint density at radius 2 is 1.89 bits per heavy atom. The van der Waals surface area contributed by atoms with Gasteiger partial charge >= 0.3 is 5.97 Å². The van der Waals surface area contributed by atoms with Gasteiger partial charge in [-0.3, -0.25) is 4.79 Å². The zero-order valence-corrected chi connectivity index (χ0v) is 21.4. The average Bonchev–Trinajstić information content (AvgIpc) is 3.18. The Morgan fingerprint density at radius 1 is 1.11 bits per heavy atom. The minimum Gasteiger partial charge on any atom is -0.493 e. The third kappa shape index (κ3) is 5.57. The number of likely N-dealkylation sites (N-methyl/N-ethyl adjacent to an activating group) is 1. The van der Waals surface area contributed by atoms with E-state index >= 15 is 0 Å². The third-order valence-electron chi connectivity index (χ3n) is 6.37. The summed E-state index contributed by atoms with van der Waals surface area (Å²) in [7, 11) is 6.65. The molecule has 4 rings (SSSR count). The number of pyridine rings is 1. The summed E-state index contributed by atoms with van der Waals surface area (Å²) in [5, 5.41) is 3.73. The van der Waals surface area contributed by atoms with Crippen molar-refractivity contribution in [2.24, 2.45) is 5.92 Å². The van der Waals surface area contributed by atoms with Crippen LogP contribution >= 0.6 is 11.3 Å². The minimum atomic E-state index is -0.467. The molecule has 8 nitrogen and oxygen atoms in total. The summed E-state index contributed by atoms with van der Waals surface area (Å²) >= 11 is 1.25. The Balaban J connectivity index is 1.47. The highest BCUT2D eigenvalue weighted by molar-refractivity contribution is 7.21. The van der Waals surface area contributed by atoms with Gasteiger partial charge in [0, 0.05) is 24.4 Å². The smallest absolute Gasteiger partial charge is 0.350 e. The number of nitrogens with one attached hydrogen (secondary N) is 1. The molecule has 1 saturated carbocycles. The van der Waals surface area contributed by atoms with Gasteiger partial charge in [0.1, 0.15) is 9.71 Å². The van der Waals surface area contributed by atoms with E-state index in [9.17, 15) is 9.59 Å². The fraction of sp³-hybridized carbons (Fsp3) is 0.423. The summed E-state index contributed by atoms with van der Waals surface area (Å²) < 4.78 is 15.7. The van der Waals surface area contributed by atoms with E-state index in [0.717, 1.165) is 54.6 Å². The molecule has 0 unspecified atom stereocenters. The number of fused-ring (bicyclic) bond motifs is 1. The van der Waals surface area contributed by atoms with E-state index in [4.69, 9.17) is 19.2 Å². The highest BCUT2D eigenvalue weighted by atomic mass is 32.1. The number of amides is 1. The number of benzene rings is 1. The molecule has 0 saturated heterocycles. The van der Waals surface area contributed by atoms with Crippen LogP contribution < -0.4 is 14.8 Å². The second kappa shape index (κ2) is 11.0. The highest BCUT2D eigenvalue weighted by Gasteiger charge is 2.28. The molecule has 2 heterocycles. The molecule has 0 atom stereocenters. The lowest BCUT2D eigenvalue weighted by molar-refractivity contribution is -0.122. The van der Waals surface area contributed by atoms with Gasteiger partial charge in [0.15, 0.2) is 11.5 Å². The topological polar surface area (TPSA) is 90.0 Å². The van der Waals surface area contributed by atoms with E-state index in [1.165, 1.54) is 18.4 Å². The first kappa shape index (κ1) is 24.9. The number of carbonyl (C=O) groups is 2. The number of ether oxygens (including phenoxy) is 3. The van der Waals surface area contributed by atoms with Crippen LogP contribution in [-0.4, -0.2) is 56.7 Å². The van der Waals surface area contributed by atoms with Gasteiger partial charge in [-0.1, -0.05) is 12.5 Å². The van der Waals surface area contributed by atoms with E-state index in [1.807, 2.05) is 37.4 Å². The Hall–Kier alpha value is -3.17. The summed E-state index contributed by atoms with van der Waals surface area (Å²) in [6, 6.07) is 9.83. The molecule has 9 heteroatoms. The molecule has 1 aliphatic carbocycles. The number of aromatic nitrogens is 1. The molecule has 0 radical (unpaired) electrons. The van der Waals surface area contributed by atoms with Gasteiger partial charge in [0.2, 0.25) is 5.91 Å². The molecular formula is C26H31N3O5S. The summed E-state index contributed by atoms with van der Waals surface area (Å²) in [5.41, 5.74) is 2.56. The Kier molecular flexibility index (Phi) is 7.87. The maximum atomic E-state index is 12.6. The van der Waals surface area contributed by atoms with E-state index in [0.29, 0.717) is 27.7 Å². The van der Waals surface area contributed by atoms with Crippen molar-refractivity contribution in [2.75, 3.05) is 40.2 Å². The second-order valence-corrected chi connectivity index (χ2v) is 9.75. The van der Waals surface area contributed by atoms with Gasteiger partial charge in [0.25, 0.3) is 0 Å². The lowest BCUT2D eigenvalue weighted by Gasteiger charge is -2.24. The normalized spacial score (nSPS) is 13.5. The first-order valence-electron chi connectivity index (χ1n) is 11.6. The van der Waals surface area contributed by atoms with Crippen LogP contribution in [0, 0.1) is 5.92 Å². The van der Waals surface area contributed by atoms with Crippen LogP contribution in [0.2, 0.25) is 0 Å². The fourth-order valence-corrected chi connectivity index (χ4v) is 5.14. The van der Waals surface area contributed by atoms with E-state index in [-0.39, 0.29) is 11.8 Å². The number of rotatable bonds is 10. The monoisotopic (exact) mass is 497 g/mol. The highest BCUT2D eigenvalue weighted by Crippen LogP contribution is 2.37. The first-order chi connectivity index (χ1) is 16.9. The Bertz CT molecular complexity index is 1220. The number of methoxy groups -OCH3 is 3. The van der Waals surface area contributed by atoms with Crippen LogP contribution in [0.3, 0.4) is 0 Å². The molecule has 1 aromatic carbocycles. The molecule has 0 aliphatic heterocycles. The predicted molar refractivity (Wildman–Crippen MR) is 137 cm³/mol. The van der Waals surface area contributed by atoms with Gasteiger partial charge in [-0.2, -0.15) is 0 Å². The van der Waals surface area contributed by atoms with Crippen molar-refractivity contribution < 1.29 is 23.8 Å². The Labute approximate surface area is 209 Å². The van der Waals surface area contributed by atoms with Crippen molar-refractivity contribution >= 4 is 39.1 Å². The number of esters is 1. The van der Waals surface area contributed by atoms with Crippen LogP contribution in [0.5, 0.6) is 11.5 Å². The number of hydrogen-bond donors (Lipinski definition) is 1. The maximum absolute atomic E-state index is 12.6. The summed E-state index contributed by atoms with van der Waals surface area (Å²) in [5.74, 6) is 0.944. The predicted octanol–water partition coefficient (Wildman–Crippen LogP) is 4.51. The lowest BCUT2D eigenvalue weighted by atomic mass is 9.85. The SMILES string of the molecule is COC(=O)c1sc2nc(CN(C)CCc3ccc(OC)c(OC)c3)ccc2c1NC(=O)C1CCC1. The first-order valence-corrected chi connectivity index (χ1v) is 12.5. The van der Waals surface area contributed by atoms with Crippen LogP contribution in [0.15, 0.2) is 30.3 Å². The standard InChI is InChI=1S/C26H31N3O5S/c1-29(13-12-16-8-11-20(32-2)21(14-16)33-3)15-18-9-10-19-22(28-24(30)17-6-5-7-17)23(26(31)34-4)35-25(19)27-18/h8-11,14,17H,5-7,12-13,15H2,1-4H3,(H,28,30). The molecule has 1 aliphatic rings. The largest absolute Gasteiger partial charge is 0.493 e. The number of nitrogens with zero attached hydrogens (tertiary/aromatic N) is 2. The number of anilines is 1. The zero-order chi connectivity index (χ0) is 24.9. The van der Waals surface area contributed by atoms with Crippen LogP contribution in [0.4, 0.5) is 5.69 Å². The molecule has 1 fully saturated rings. The molecule has 1 amide bonds. The molecule has 0 bridgehead atoms. The zero-order valence-electron chi connectivity index (χ0n) is 20.6. The number of hydrogen-bond acceptors (Lipinski definition) is 8. The second-order valence-electron chi connectivity index (χ2n) is 8.75. The summed E-state index contributed by atoms with van der Waals surface area (Å²) in [6.07, 6.45) is 3.69. The molecule has 2 aromatic heterocycles. The van der Waals surface area contributed by atoms with Gasteiger partial charge < -0.3 is 24.4 Å². The molecular weight excluding hydrogens is 466 g/mol. The average molecular weight is 498 g/mol. The van der Waals surface area contributed by atoms with Gasteiger partial charge in [-0.25, -0.2) is 9.78 Å². The van der Waals surface area contributed by atoms with Crippen molar-refractivity contribution in [1.29, 1.82) is 0 Å². The van der Waals surface area contributed by atoms with Crippen molar-refractivity contribution in [3.05, 3.63) is 46.5 Å². The molecule has 0 spiro atoms. The molecule has 1 N–H and O–H groups in total. The molecule has 186 valence electrons. The van der Waals surface area contributed by atoms with Crippen molar-refractivity contribution in [2.45, 2.75) is 32.2 Å². The van der Waals surface area contributed by atoms with Crippen molar-refractivity contribution in [3.63, 3.8) is 0 Å².